The van der Waals surface area contributed by atoms with E-state index in [0.717, 1.165) is 58.3 Å². The van der Waals surface area contributed by atoms with Crippen molar-refractivity contribution in [1.82, 2.24) is 9.80 Å². The van der Waals surface area contributed by atoms with E-state index in [-0.39, 0.29) is 17.9 Å². The Kier molecular flexibility index (Phi) is 5.04. The number of aliphatic hydroxyl groups is 1. The van der Waals surface area contributed by atoms with E-state index in [2.05, 4.69) is 36.1 Å². The van der Waals surface area contributed by atoms with E-state index in [4.69, 9.17) is 5.73 Å². The first-order valence-electron chi connectivity index (χ1n) is 10.5. The minimum Gasteiger partial charge on any atom is -0.396 e. The molecule has 1 aromatic carbocycles. The quantitative estimate of drug-likeness (QED) is 0.828. The van der Waals surface area contributed by atoms with Gasteiger partial charge in [0.25, 0.3) is 0 Å². The Hall–Kier alpha value is -1.43. The van der Waals surface area contributed by atoms with E-state index in [1.54, 1.807) is 0 Å². The molecule has 2 aliphatic heterocycles. The summed E-state index contributed by atoms with van der Waals surface area (Å²) in [5.74, 6) is 0.454. The number of rotatable bonds is 5. The van der Waals surface area contributed by atoms with Crippen molar-refractivity contribution in [1.29, 1.82) is 0 Å². The summed E-state index contributed by atoms with van der Waals surface area (Å²) in [5, 5.41) is 10.2. The van der Waals surface area contributed by atoms with Gasteiger partial charge in [0, 0.05) is 38.1 Å². The van der Waals surface area contributed by atoms with Crippen LogP contribution < -0.4 is 5.73 Å². The van der Waals surface area contributed by atoms with E-state index < -0.39 is 5.54 Å². The second-order valence-electron chi connectivity index (χ2n) is 9.06. The normalized spacial score (nSPS) is 30.0. The Balaban J connectivity index is 1.45. The van der Waals surface area contributed by atoms with Crippen molar-refractivity contribution in [3.63, 3.8) is 0 Å². The molecule has 2 heterocycles. The summed E-state index contributed by atoms with van der Waals surface area (Å²) >= 11 is 0. The molecular formula is C22H33N3O2. The van der Waals surface area contributed by atoms with Crippen molar-refractivity contribution in [3.8, 4) is 0 Å². The molecule has 1 aromatic rings. The van der Waals surface area contributed by atoms with Crippen LogP contribution in [0.25, 0.3) is 0 Å². The van der Waals surface area contributed by atoms with Crippen molar-refractivity contribution in [3.05, 3.63) is 35.4 Å². The third kappa shape index (κ3) is 3.30. The molecule has 27 heavy (non-hydrogen) atoms. The molecule has 148 valence electrons. The maximum Gasteiger partial charge on any atom is 0.242 e. The van der Waals surface area contributed by atoms with Gasteiger partial charge in [0.05, 0.1) is 12.1 Å². The molecule has 0 radical (unpaired) electrons. The number of likely N-dealkylation sites (tertiary alicyclic amines) is 2. The summed E-state index contributed by atoms with van der Waals surface area (Å²) in [4.78, 5) is 17.4. The first kappa shape index (κ1) is 18.9. The van der Waals surface area contributed by atoms with Gasteiger partial charge in [0.1, 0.15) is 0 Å². The molecular weight excluding hydrogens is 338 g/mol. The van der Waals surface area contributed by atoms with Gasteiger partial charge in [-0.3, -0.25) is 9.69 Å². The second-order valence-corrected chi connectivity index (χ2v) is 9.06. The Morgan fingerprint density at radius 2 is 1.89 bits per heavy atom. The number of aryl methyl sites for hydroxylation is 1. The van der Waals surface area contributed by atoms with Gasteiger partial charge in [-0.25, -0.2) is 0 Å². The highest BCUT2D eigenvalue weighted by atomic mass is 16.3. The zero-order valence-electron chi connectivity index (χ0n) is 16.5. The van der Waals surface area contributed by atoms with Crippen LogP contribution in [0.15, 0.2) is 24.3 Å². The molecule has 1 amide bonds. The maximum absolute atomic E-state index is 13.0. The lowest BCUT2D eigenvalue weighted by Gasteiger charge is -2.32. The highest BCUT2D eigenvalue weighted by Gasteiger charge is 2.55. The summed E-state index contributed by atoms with van der Waals surface area (Å²) < 4.78 is 0. The van der Waals surface area contributed by atoms with Crippen LogP contribution in [0.4, 0.5) is 0 Å². The van der Waals surface area contributed by atoms with Crippen LogP contribution in [-0.4, -0.2) is 59.1 Å². The van der Waals surface area contributed by atoms with E-state index in [0.29, 0.717) is 12.5 Å². The SMILES string of the molecule is CCc1ccccc1CN1CC2CN(C(=O)C3(N)CCCC3)CC2(CO)C1. The minimum absolute atomic E-state index is 0.116. The summed E-state index contributed by atoms with van der Waals surface area (Å²) in [6.45, 7) is 6.46. The third-order valence-corrected chi connectivity index (χ3v) is 7.25. The van der Waals surface area contributed by atoms with E-state index in [1.165, 1.54) is 11.1 Å². The van der Waals surface area contributed by atoms with Crippen LogP contribution in [-0.2, 0) is 17.8 Å². The predicted molar refractivity (Wildman–Crippen MR) is 106 cm³/mol. The molecule has 0 spiro atoms. The topological polar surface area (TPSA) is 69.8 Å². The Bertz CT molecular complexity index is 701. The lowest BCUT2D eigenvalue weighted by molar-refractivity contribution is -0.136. The van der Waals surface area contributed by atoms with Crippen molar-refractivity contribution in [2.75, 3.05) is 32.8 Å². The Morgan fingerprint density at radius 3 is 2.52 bits per heavy atom. The van der Waals surface area contributed by atoms with Gasteiger partial charge in [0.15, 0.2) is 0 Å². The second kappa shape index (κ2) is 7.19. The predicted octanol–water partition coefficient (Wildman–Crippen LogP) is 1.77. The lowest BCUT2D eigenvalue weighted by Crippen LogP contribution is -2.54. The van der Waals surface area contributed by atoms with Gasteiger partial charge >= 0.3 is 0 Å². The average Bonchev–Trinajstić information content (AvgIpc) is 3.34. The van der Waals surface area contributed by atoms with Gasteiger partial charge in [-0.2, -0.15) is 0 Å². The maximum atomic E-state index is 13.0. The number of nitrogens with two attached hydrogens (primary N) is 1. The van der Waals surface area contributed by atoms with E-state index in [9.17, 15) is 9.90 Å². The number of carbonyl (C=O) groups is 1. The highest BCUT2D eigenvalue weighted by molar-refractivity contribution is 5.86. The van der Waals surface area contributed by atoms with Gasteiger partial charge in [-0.05, 0) is 36.3 Å². The van der Waals surface area contributed by atoms with Crippen molar-refractivity contribution < 1.29 is 9.90 Å². The molecule has 4 rings (SSSR count). The summed E-state index contributed by atoms with van der Waals surface area (Å²) in [6.07, 6.45) is 4.75. The van der Waals surface area contributed by atoms with Gasteiger partial charge < -0.3 is 15.7 Å². The van der Waals surface area contributed by atoms with Crippen molar-refractivity contribution in [2.45, 2.75) is 51.1 Å². The standard InChI is InChI=1S/C22H33N3O2/c1-2-17-7-3-4-8-18(17)11-24-12-19-13-25(15-21(19,14-24)16-26)20(27)22(23)9-5-6-10-22/h3-4,7-8,19,26H,2,5-6,9-16,23H2,1H3. The molecule has 3 N–H and O–H groups in total. The smallest absolute Gasteiger partial charge is 0.242 e. The summed E-state index contributed by atoms with van der Waals surface area (Å²) in [7, 11) is 0. The summed E-state index contributed by atoms with van der Waals surface area (Å²) in [6, 6.07) is 8.63. The van der Waals surface area contributed by atoms with Crippen molar-refractivity contribution in [2.24, 2.45) is 17.1 Å². The zero-order chi connectivity index (χ0) is 19.1. The van der Waals surface area contributed by atoms with Crippen LogP contribution in [0.1, 0.15) is 43.7 Å². The minimum atomic E-state index is -0.658. The molecule has 0 aromatic heterocycles. The largest absolute Gasteiger partial charge is 0.396 e. The highest BCUT2D eigenvalue weighted by Crippen LogP contribution is 2.44. The van der Waals surface area contributed by atoms with E-state index >= 15 is 0 Å². The molecule has 2 atom stereocenters. The number of aliphatic hydroxyl groups excluding tert-OH is 1. The van der Waals surface area contributed by atoms with Gasteiger partial charge in [0.2, 0.25) is 5.91 Å². The first-order chi connectivity index (χ1) is 13.0. The number of hydrogen-bond acceptors (Lipinski definition) is 4. The fraction of sp³-hybridized carbons (Fsp3) is 0.682. The fourth-order valence-corrected chi connectivity index (χ4v) is 5.62. The lowest BCUT2D eigenvalue weighted by atomic mass is 9.82. The van der Waals surface area contributed by atoms with E-state index in [1.807, 2.05) is 4.90 Å². The van der Waals surface area contributed by atoms with Crippen LogP contribution in [0.5, 0.6) is 0 Å². The number of benzene rings is 1. The Labute approximate surface area is 162 Å². The average molecular weight is 372 g/mol. The number of nitrogens with zero attached hydrogens (tertiary/aromatic N) is 2. The van der Waals surface area contributed by atoms with Gasteiger partial charge in [-0.15, -0.1) is 0 Å². The molecule has 3 aliphatic rings. The number of fused-ring (bicyclic) bond motifs is 1. The molecule has 5 nitrogen and oxygen atoms in total. The molecule has 1 aliphatic carbocycles. The monoisotopic (exact) mass is 371 g/mol. The third-order valence-electron chi connectivity index (χ3n) is 7.25. The van der Waals surface area contributed by atoms with Gasteiger partial charge in [-0.1, -0.05) is 44.0 Å². The molecule has 5 heteroatoms. The fourth-order valence-electron chi connectivity index (χ4n) is 5.62. The van der Waals surface area contributed by atoms with Crippen LogP contribution >= 0.6 is 0 Å². The Morgan fingerprint density at radius 1 is 1.19 bits per heavy atom. The van der Waals surface area contributed by atoms with Crippen LogP contribution in [0.2, 0.25) is 0 Å². The first-order valence-corrected chi connectivity index (χ1v) is 10.5. The molecule has 0 bridgehead atoms. The zero-order valence-corrected chi connectivity index (χ0v) is 16.5. The number of carbonyl (C=O) groups excluding carboxylic acids is 1. The number of amides is 1. The van der Waals surface area contributed by atoms with Crippen LogP contribution in [0.3, 0.4) is 0 Å². The van der Waals surface area contributed by atoms with Crippen LogP contribution in [0, 0.1) is 11.3 Å². The molecule has 2 saturated heterocycles. The molecule has 3 fully saturated rings. The molecule has 2 unspecified atom stereocenters. The molecule has 1 saturated carbocycles. The van der Waals surface area contributed by atoms with Crippen molar-refractivity contribution >= 4 is 5.91 Å². The number of hydrogen-bond donors (Lipinski definition) is 2. The summed E-state index contributed by atoms with van der Waals surface area (Å²) in [5.41, 5.74) is 8.35.